The van der Waals surface area contributed by atoms with Gasteiger partial charge in [-0.2, -0.15) is 5.10 Å². The van der Waals surface area contributed by atoms with Crippen molar-refractivity contribution >= 4 is 12.1 Å². The molecule has 0 aliphatic heterocycles. The molecule has 0 fully saturated rings. The van der Waals surface area contributed by atoms with Crippen LogP contribution in [0.2, 0.25) is 0 Å². The highest BCUT2D eigenvalue weighted by Gasteiger charge is 2.11. The molecule has 0 atom stereocenters. The van der Waals surface area contributed by atoms with E-state index in [1.165, 1.54) is 20.4 Å². The second-order valence-electron chi connectivity index (χ2n) is 4.88. The largest absolute Gasteiger partial charge is 0.497 e. The summed E-state index contributed by atoms with van der Waals surface area (Å²) in [4.78, 5) is 12.1. The van der Waals surface area contributed by atoms with E-state index >= 15 is 0 Å². The minimum atomic E-state index is -0.335. The van der Waals surface area contributed by atoms with Gasteiger partial charge in [-0.15, -0.1) is 0 Å². The standard InChI is InChI=1S/C18H20N2O5.H2O/c1-22-14-7-5-12(6-8-14)18(21)20-19-11-13-9-16(24-3)17(25-4)10-15(13)23-2;/h5-11H,1-4H3,(H,20,21);1H2/b19-11+;. The van der Waals surface area contributed by atoms with E-state index in [9.17, 15) is 4.79 Å². The van der Waals surface area contributed by atoms with Crippen molar-refractivity contribution in [3.05, 3.63) is 47.5 Å². The zero-order chi connectivity index (χ0) is 18.2. The first-order chi connectivity index (χ1) is 12.1. The summed E-state index contributed by atoms with van der Waals surface area (Å²) < 4.78 is 20.8. The molecular weight excluding hydrogens is 340 g/mol. The molecule has 26 heavy (non-hydrogen) atoms. The predicted octanol–water partition coefficient (Wildman–Crippen LogP) is 1.66. The van der Waals surface area contributed by atoms with Gasteiger partial charge < -0.3 is 24.4 Å². The smallest absolute Gasteiger partial charge is 0.271 e. The van der Waals surface area contributed by atoms with E-state index in [1.807, 2.05) is 0 Å². The lowest BCUT2D eigenvalue weighted by Crippen LogP contribution is -2.17. The fourth-order valence-corrected chi connectivity index (χ4v) is 2.12. The van der Waals surface area contributed by atoms with Gasteiger partial charge in [-0.25, -0.2) is 5.43 Å². The Bertz CT molecular complexity index is 759. The van der Waals surface area contributed by atoms with Gasteiger partial charge in [0.2, 0.25) is 0 Å². The van der Waals surface area contributed by atoms with E-state index in [0.29, 0.717) is 34.1 Å². The predicted molar refractivity (Wildman–Crippen MR) is 97.8 cm³/mol. The van der Waals surface area contributed by atoms with Gasteiger partial charge >= 0.3 is 0 Å². The molecule has 0 aromatic heterocycles. The third kappa shape index (κ3) is 4.87. The quantitative estimate of drug-likeness (QED) is 0.595. The van der Waals surface area contributed by atoms with Gasteiger partial charge in [-0.05, 0) is 30.3 Å². The number of benzene rings is 2. The monoisotopic (exact) mass is 362 g/mol. The molecule has 2 aromatic rings. The zero-order valence-corrected chi connectivity index (χ0v) is 15.0. The molecule has 0 bridgehead atoms. The van der Waals surface area contributed by atoms with Crippen LogP contribution in [0.25, 0.3) is 0 Å². The van der Waals surface area contributed by atoms with Gasteiger partial charge in [0.25, 0.3) is 5.91 Å². The number of hydrogen-bond donors (Lipinski definition) is 1. The van der Waals surface area contributed by atoms with E-state index in [0.717, 1.165) is 0 Å². The van der Waals surface area contributed by atoms with E-state index in [4.69, 9.17) is 18.9 Å². The Morgan fingerprint density at radius 3 is 2.00 bits per heavy atom. The first-order valence-corrected chi connectivity index (χ1v) is 7.40. The van der Waals surface area contributed by atoms with Crippen LogP contribution in [0.15, 0.2) is 41.5 Å². The van der Waals surface area contributed by atoms with E-state index in [2.05, 4.69) is 10.5 Å². The molecule has 1 amide bonds. The molecule has 0 heterocycles. The number of hydrogen-bond acceptors (Lipinski definition) is 6. The van der Waals surface area contributed by atoms with Crippen molar-refractivity contribution in [3.63, 3.8) is 0 Å². The van der Waals surface area contributed by atoms with Gasteiger partial charge in [0.1, 0.15) is 11.5 Å². The van der Waals surface area contributed by atoms with Crippen LogP contribution in [0.3, 0.4) is 0 Å². The molecule has 0 saturated heterocycles. The average Bonchev–Trinajstić information content (AvgIpc) is 2.67. The maximum Gasteiger partial charge on any atom is 0.271 e. The second kappa shape index (κ2) is 9.90. The first-order valence-electron chi connectivity index (χ1n) is 7.40. The molecule has 8 heteroatoms. The number of rotatable bonds is 7. The van der Waals surface area contributed by atoms with Gasteiger partial charge in [-0.3, -0.25) is 4.79 Å². The number of nitrogens with zero attached hydrogens (tertiary/aromatic N) is 1. The highest BCUT2D eigenvalue weighted by Crippen LogP contribution is 2.33. The Kier molecular flexibility index (Phi) is 7.91. The molecule has 0 radical (unpaired) electrons. The number of carbonyl (C=O) groups excluding carboxylic acids is 1. The number of hydrazone groups is 1. The zero-order valence-electron chi connectivity index (χ0n) is 15.0. The van der Waals surface area contributed by atoms with Crippen LogP contribution >= 0.6 is 0 Å². The molecule has 0 aliphatic carbocycles. The van der Waals surface area contributed by atoms with E-state index < -0.39 is 0 Å². The fraction of sp³-hybridized carbons (Fsp3) is 0.222. The molecule has 140 valence electrons. The normalized spacial score (nSPS) is 10.0. The van der Waals surface area contributed by atoms with E-state index in [1.54, 1.807) is 50.6 Å². The minimum Gasteiger partial charge on any atom is -0.497 e. The Balaban J connectivity index is 0.00000338. The SMILES string of the molecule is COc1ccc(C(=O)N/N=C/c2cc(OC)c(OC)cc2OC)cc1.O. The lowest BCUT2D eigenvalue weighted by Gasteiger charge is -2.11. The maximum absolute atomic E-state index is 12.1. The molecule has 0 spiro atoms. The first kappa shape index (κ1) is 20.8. The molecule has 2 rings (SSSR count). The summed E-state index contributed by atoms with van der Waals surface area (Å²) in [5.74, 6) is 1.96. The van der Waals surface area contributed by atoms with Crippen molar-refractivity contribution in [1.29, 1.82) is 0 Å². The molecule has 0 aliphatic rings. The summed E-state index contributed by atoms with van der Waals surface area (Å²) in [7, 11) is 6.18. The summed E-state index contributed by atoms with van der Waals surface area (Å²) in [6.45, 7) is 0. The van der Waals surface area contributed by atoms with Gasteiger partial charge in [0.15, 0.2) is 11.5 Å². The summed E-state index contributed by atoms with van der Waals surface area (Å²) in [5.41, 5.74) is 3.57. The van der Waals surface area contributed by atoms with Crippen molar-refractivity contribution < 1.29 is 29.2 Å². The summed E-state index contributed by atoms with van der Waals surface area (Å²) >= 11 is 0. The summed E-state index contributed by atoms with van der Waals surface area (Å²) in [6.07, 6.45) is 1.47. The van der Waals surface area contributed by atoms with Crippen molar-refractivity contribution in [1.82, 2.24) is 5.43 Å². The van der Waals surface area contributed by atoms with E-state index in [-0.39, 0.29) is 11.4 Å². The fourth-order valence-electron chi connectivity index (χ4n) is 2.12. The molecule has 0 saturated carbocycles. The number of ether oxygens (including phenoxy) is 4. The van der Waals surface area contributed by atoms with Gasteiger partial charge in [0.05, 0.1) is 34.7 Å². The van der Waals surface area contributed by atoms with Crippen molar-refractivity contribution in [2.45, 2.75) is 0 Å². The molecule has 0 unspecified atom stereocenters. The van der Waals surface area contributed by atoms with Gasteiger partial charge in [-0.1, -0.05) is 0 Å². The van der Waals surface area contributed by atoms with Crippen LogP contribution in [-0.2, 0) is 0 Å². The number of nitrogens with one attached hydrogen (secondary N) is 1. The Morgan fingerprint density at radius 1 is 0.885 bits per heavy atom. The van der Waals surface area contributed by atoms with Crippen LogP contribution in [-0.4, -0.2) is 46.0 Å². The van der Waals surface area contributed by atoms with Crippen molar-refractivity contribution in [2.24, 2.45) is 5.10 Å². The van der Waals surface area contributed by atoms with Crippen LogP contribution < -0.4 is 24.4 Å². The van der Waals surface area contributed by atoms with Crippen LogP contribution in [0.5, 0.6) is 23.0 Å². The average molecular weight is 362 g/mol. The minimum absolute atomic E-state index is 0. The van der Waals surface area contributed by atoms with Crippen molar-refractivity contribution in [3.8, 4) is 23.0 Å². The number of amides is 1. The highest BCUT2D eigenvalue weighted by molar-refractivity contribution is 5.95. The van der Waals surface area contributed by atoms with Gasteiger partial charge in [0, 0.05) is 17.2 Å². The van der Waals surface area contributed by atoms with Crippen LogP contribution in [0.1, 0.15) is 15.9 Å². The third-order valence-corrected chi connectivity index (χ3v) is 3.46. The topological polar surface area (TPSA) is 110 Å². The second-order valence-corrected chi connectivity index (χ2v) is 4.88. The lowest BCUT2D eigenvalue weighted by molar-refractivity contribution is 0.0955. The lowest BCUT2D eigenvalue weighted by atomic mass is 10.2. The molecule has 2 aromatic carbocycles. The summed E-state index contributed by atoms with van der Waals surface area (Å²) in [6, 6.07) is 10.1. The molecule has 8 nitrogen and oxygen atoms in total. The van der Waals surface area contributed by atoms with Crippen LogP contribution in [0.4, 0.5) is 0 Å². The highest BCUT2D eigenvalue weighted by atomic mass is 16.5. The number of carbonyl (C=O) groups is 1. The molecule has 3 N–H and O–H groups in total. The third-order valence-electron chi connectivity index (χ3n) is 3.46. The number of methoxy groups -OCH3 is 4. The molecular formula is C18H22N2O6. The Labute approximate surface area is 151 Å². The van der Waals surface area contributed by atoms with Crippen molar-refractivity contribution in [2.75, 3.05) is 28.4 Å². The summed E-state index contributed by atoms with van der Waals surface area (Å²) in [5, 5.41) is 3.97. The maximum atomic E-state index is 12.1. The Morgan fingerprint density at radius 2 is 1.46 bits per heavy atom. The van der Waals surface area contributed by atoms with Crippen LogP contribution in [0, 0.1) is 0 Å². The Hall–Kier alpha value is -3.26.